The van der Waals surface area contributed by atoms with E-state index >= 15 is 0 Å². The maximum atomic E-state index is 11.5. The van der Waals surface area contributed by atoms with E-state index in [0.29, 0.717) is 11.3 Å². The van der Waals surface area contributed by atoms with Crippen LogP contribution in [0.1, 0.15) is 36.2 Å². The number of esters is 1. The average molecular weight is 204 g/mol. The number of rotatable bonds is 1. The Hall–Kier alpha value is -1.77. The first-order chi connectivity index (χ1) is 7.15. The molecule has 1 aromatic rings. The molecule has 0 radical (unpaired) electrons. The second kappa shape index (κ2) is 3.42. The van der Waals surface area contributed by atoms with Crippen molar-refractivity contribution in [1.29, 1.82) is 0 Å². The van der Waals surface area contributed by atoms with Crippen LogP contribution in [-0.2, 0) is 4.74 Å². The number of ether oxygens (including phenoxy) is 1. The van der Waals surface area contributed by atoms with Gasteiger partial charge < -0.3 is 9.84 Å². The number of carbonyl (C=O) groups is 1. The maximum Gasteiger partial charge on any atom is 0.348 e. The molecule has 0 spiro atoms. The lowest BCUT2D eigenvalue weighted by molar-refractivity contribution is 0.0711. The molecular formula is C12H12O3. The predicted octanol–water partition coefficient (Wildman–Crippen LogP) is 2.70. The van der Waals surface area contributed by atoms with E-state index in [1.54, 1.807) is 12.1 Å². The zero-order valence-electron chi connectivity index (χ0n) is 8.70. The molecule has 1 heterocycles. The highest BCUT2D eigenvalue weighted by Gasteiger charge is 2.30. The number of allylic oxidation sites excluding steroid dienone is 1. The van der Waals surface area contributed by atoms with Gasteiger partial charge in [-0.3, -0.25) is 0 Å². The number of aromatic hydroxyl groups is 1. The number of cyclic esters (lactones) is 1. The predicted molar refractivity (Wildman–Crippen MR) is 56.4 cm³/mol. The van der Waals surface area contributed by atoms with Crippen LogP contribution in [0.15, 0.2) is 23.8 Å². The van der Waals surface area contributed by atoms with Crippen LogP contribution in [0, 0.1) is 0 Å². The van der Waals surface area contributed by atoms with Gasteiger partial charge in [0.25, 0.3) is 0 Å². The van der Waals surface area contributed by atoms with Crippen LogP contribution >= 0.6 is 0 Å². The van der Waals surface area contributed by atoms with Gasteiger partial charge >= 0.3 is 5.97 Å². The Balaban J connectivity index is 2.67. The first-order valence-electron chi connectivity index (χ1n) is 4.89. The first-order valence-corrected chi connectivity index (χ1v) is 4.89. The van der Waals surface area contributed by atoms with Crippen molar-refractivity contribution < 1.29 is 14.6 Å². The molecule has 1 aromatic carbocycles. The lowest BCUT2D eigenvalue weighted by atomic mass is 10.0. The summed E-state index contributed by atoms with van der Waals surface area (Å²) in [5.74, 6) is 0.107. The summed E-state index contributed by atoms with van der Waals surface area (Å²) in [6.45, 7) is 3.92. The first kappa shape index (κ1) is 9.77. The van der Waals surface area contributed by atoms with Gasteiger partial charge in [-0.25, -0.2) is 4.79 Å². The van der Waals surface area contributed by atoms with Crippen molar-refractivity contribution in [3.8, 4) is 5.75 Å². The van der Waals surface area contributed by atoms with Crippen LogP contribution in [-0.4, -0.2) is 11.1 Å². The average Bonchev–Trinajstić information content (AvgIpc) is 2.56. The maximum absolute atomic E-state index is 11.5. The van der Waals surface area contributed by atoms with E-state index in [1.807, 2.05) is 13.8 Å². The molecule has 0 unspecified atom stereocenters. The van der Waals surface area contributed by atoms with Crippen LogP contribution < -0.4 is 0 Å². The standard InChI is InChI=1S/C12H12O3/c1-3-7(2)11-8-5-4-6-9(13)10(8)12(14)15-11/h4-6,13H,3H2,1-2H3. The molecular weight excluding hydrogens is 192 g/mol. The highest BCUT2D eigenvalue weighted by Crippen LogP contribution is 2.37. The number of fused-ring (bicyclic) bond motifs is 1. The summed E-state index contributed by atoms with van der Waals surface area (Å²) in [4.78, 5) is 11.5. The molecule has 2 rings (SSSR count). The molecule has 0 saturated carbocycles. The second-order valence-electron chi connectivity index (χ2n) is 3.55. The Bertz CT molecular complexity index is 458. The number of hydrogen-bond donors (Lipinski definition) is 1. The van der Waals surface area contributed by atoms with Crippen LogP contribution in [0.4, 0.5) is 0 Å². The van der Waals surface area contributed by atoms with E-state index in [2.05, 4.69) is 0 Å². The summed E-state index contributed by atoms with van der Waals surface area (Å²) in [6.07, 6.45) is 0.817. The van der Waals surface area contributed by atoms with Crippen LogP contribution in [0.25, 0.3) is 5.76 Å². The van der Waals surface area contributed by atoms with Crippen LogP contribution in [0.5, 0.6) is 5.75 Å². The van der Waals surface area contributed by atoms with Crippen LogP contribution in [0.2, 0.25) is 0 Å². The Labute approximate surface area is 88.0 Å². The van der Waals surface area contributed by atoms with Crippen molar-refractivity contribution in [3.05, 3.63) is 34.9 Å². The number of phenolic OH excluding ortho intramolecular Hbond substituents is 1. The summed E-state index contributed by atoms with van der Waals surface area (Å²) in [7, 11) is 0. The topological polar surface area (TPSA) is 46.5 Å². The zero-order valence-corrected chi connectivity index (χ0v) is 8.70. The van der Waals surface area contributed by atoms with E-state index in [4.69, 9.17) is 4.74 Å². The van der Waals surface area contributed by atoms with Crippen molar-refractivity contribution in [2.45, 2.75) is 20.3 Å². The van der Waals surface area contributed by atoms with Gasteiger partial charge in [-0.15, -0.1) is 0 Å². The number of hydrogen-bond acceptors (Lipinski definition) is 3. The second-order valence-corrected chi connectivity index (χ2v) is 3.55. The molecule has 3 heteroatoms. The van der Waals surface area contributed by atoms with Gasteiger partial charge in [-0.05, 0) is 25.0 Å². The number of benzene rings is 1. The van der Waals surface area contributed by atoms with Crippen molar-refractivity contribution in [3.63, 3.8) is 0 Å². The van der Waals surface area contributed by atoms with Crippen LogP contribution in [0.3, 0.4) is 0 Å². The quantitative estimate of drug-likeness (QED) is 0.715. The molecule has 0 saturated heterocycles. The summed E-state index contributed by atoms with van der Waals surface area (Å²) in [6, 6.07) is 4.98. The number of carbonyl (C=O) groups excluding carboxylic acids is 1. The van der Waals surface area contributed by atoms with E-state index in [1.165, 1.54) is 6.07 Å². The van der Waals surface area contributed by atoms with Crippen molar-refractivity contribution in [2.24, 2.45) is 0 Å². The molecule has 0 atom stereocenters. The fourth-order valence-corrected chi connectivity index (χ4v) is 1.62. The van der Waals surface area contributed by atoms with Gasteiger partial charge in [0, 0.05) is 5.56 Å². The summed E-state index contributed by atoms with van der Waals surface area (Å²) < 4.78 is 5.15. The lowest BCUT2D eigenvalue weighted by Gasteiger charge is -2.02. The smallest absolute Gasteiger partial charge is 0.348 e. The lowest BCUT2D eigenvalue weighted by Crippen LogP contribution is -1.93. The van der Waals surface area contributed by atoms with E-state index in [-0.39, 0.29) is 11.3 Å². The molecule has 0 fully saturated rings. The summed E-state index contributed by atoms with van der Waals surface area (Å²) in [5.41, 5.74) is 1.98. The van der Waals surface area contributed by atoms with Gasteiger partial charge in [0.15, 0.2) is 0 Å². The van der Waals surface area contributed by atoms with E-state index in [0.717, 1.165) is 12.0 Å². The number of phenols is 1. The Morgan fingerprint density at radius 1 is 1.47 bits per heavy atom. The molecule has 15 heavy (non-hydrogen) atoms. The minimum atomic E-state index is -0.467. The molecule has 1 aliphatic heterocycles. The van der Waals surface area contributed by atoms with E-state index < -0.39 is 5.97 Å². The molecule has 1 aliphatic rings. The van der Waals surface area contributed by atoms with Gasteiger partial charge in [-0.1, -0.05) is 19.1 Å². The van der Waals surface area contributed by atoms with Crippen molar-refractivity contribution in [2.75, 3.05) is 0 Å². The monoisotopic (exact) mass is 204 g/mol. The molecule has 78 valence electrons. The summed E-state index contributed by atoms with van der Waals surface area (Å²) >= 11 is 0. The van der Waals surface area contributed by atoms with Crippen molar-refractivity contribution >= 4 is 11.7 Å². The van der Waals surface area contributed by atoms with Gasteiger partial charge in [-0.2, -0.15) is 0 Å². The van der Waals surface area contributed by atoms with Crippen molar-refractivity contribution in [1.82, 2.24) is 0 Å². The molecule has 0 aromatic heterocycles. The Morgan fingerprint density at radius 2 is 2.20 bits per heavy atom. The molecule has 0 bridgehead atoms. The third kappa shape index (κ3) is 1.40. The minimum absolute atomic E-state index is 0.0172. The Morgan fingerprint density at radius 3 is 2.87 bits per heavy atom. The highest BCUT2D eigenvalue weighted by atomic mass is 16.5. The van der Waals surface area contributed by atoms with Gasteiger partial charge in [0.2, 0.25) is 0 Å². The normalized spacial score (nSPS) is 17.3. The summed E-state index contributed by atoms with van der Waals surface area (Å²) in [5, 5.41) is 9.55. The fraction of sp³-hybridized carbons (Fsp3) is 0.250. The largest absolute Gasteiger partial charge is 0.507 e. The zero-order chi connectivity index (χ0) is 11.0. The third-order valence-electron chi connectivity index (χ3n) is 2.60. The fourth-order valence-electron chi connectivity index (χ4n) is 1.62. The minimum Gasteiger partial charge on any atom is -0.507 e. The highest BCUT2D eigenvalue weighted by molar-refractivity contribution is 6.05. The SMILES string of the molecule is CCC(C)=C1OC(=O)c2c(O)cccc21. The van der Waals surface area contributed by atoms with Gasteiger partial charge in [0.05, 0.1) is 0 Å². The Kier molecular flexibility index (Phi) is 2.23. The molecule has 3 nitrogen and oxygen atoms in total. The van der Waals surface area contributed by atoms with Gasteiger partial charge in [0.1, 0.15) is 17.1 Å². The molecule has 0 aliphatic carbocycles. The molecule has 0 amide bonds. The third-order valence-corrected chi connectivity index (χ3v) is 2.60. The van der Waals surface area contributed by atoms with E-state index in [9.17, 15) is 9.90 Å². The molecule has 1 N–H and O–H groups in total.